The molecule has 1 aliphatic carbocycles. The number of benzene rings is 2. The number of nitrogens with one attached hydrogen (secondary N) is 2. The molecule has 0 aliphatic heterocycles. The van der Waals surface area contributed by atoms with Gasteiger partial charge in [0.25, 0.3) is 15.9 Å². The second-order valence-electron chi connectivity index (χ2n) is 5.79. The minimum absolute atomic E-state index is 0.0223. The van der Waals surface area contributed by atoms with E-state index in [1.807, 2.05) is 0 Å². The SMILES string of the molecule is O=C(NCC1CC1)c1cccc(S(=O)(=O)Nc2ccc(F)cc2)c1. The monoisotopic (exact) mass is 348 g/mol. The van der Waals surface area contributed by atoms with Crippen molar-refractivity contribution >= 4 is 21.6 Å². The summed E-state index contributed by atoms with van der Waals surface area (Å²) < 4.78 is 40.1. The third kappa shape index (κ3) is 4.11. The molecule has 0 atom stereocenters. The van der Waals surface area contributed by atoms with E-state index >= 15 is 0 Å². The van der Waals surface area contributed by atoms with Crippen molar-refractivity contribution in [2.45, 2.75) is 17.7 Å². The Hall–Kier alpha value is -2.41. The Bertz CT molecular complexity index is 846. The molecule has 1 amide bonds. The van der Waals surface area contributed by atoms with Crippen LogP contribution >= 0.6 is 0 Å². The summed E-state index contributed by atoms with van der Waals surface area (Å²) in [6.07, 6.45) is 2.24. The van der Waals surface area contributed by atoms with E-state index in [4.69, 9.17) is 0 Å². The Morgan fingerprint density at radius 1 is 1.12 bits per heavy atom. The molecule has 3 rings (SSSR count). The number of hydrogen-bond donors (Lipinski definition) is 2. The average molecular weight is 348 g/mol. The molecule has 0 unspecified atom stereocenters. The van der Waals surface area contributed by atoms with Crippen molar-refractivity contribution in [3.63, 3.8) is 0 Å². The number of rotatable bonds is 6. The molecule has 0 bridgehead atoms. The van der Waals surface area contributed by atoms with E-state index in [0.717, 1.165) is 12.8 Å². The lowest BCUT2D eigenvalue weighted by atomic mass is 10.2. The van der Waals surface area contributed by atoms with Crippen LogP contribution in [0.15, 0.2) is 53.4 Å². The Kier molecular flexibility index (Phi) is 4.53. The Morgan fingerprint density at radius 2 is 1.83 bits per heavy atom. The lowest BCUT2D eigenvalue weighted by molar-refractivity contribution is 0.0951. The molecule has 2 aromatic carbocycles. The van der Waals surface area contributed by atoms with Crippen molar-refractivity contribution in [3.8, 4) is 0 Å². The quantitative estimate of drug-likeness (QED) is 0.843. The summed E-state index contributed by atoms with van der Waals surface area (Å²) in [7, 11) is -3.85. The molecule has 0 radical (unpaired) electrons. The molecule has 0 aromatic heterocycles. The van der Waals surface area contributed by atoms with Crippen LogP contribution in [0.3, 0.4) is 0 Å². The summed E-state index contributed by atoms with van der Waals surface area (Å²) in [5.41, 5.74) is 0.539. The first-order valence-corrected chi connectivity index (χ1v) is 9.09. The third-order valence-corrected chi connectivity index (χ3v) is 5.13. The number of carbonyl (C=O) groups is 1. The van der Waals surface area contributed by atoms with Crippen molar-refractivity contribution in [2.24, 2.45) is 5.92 Å². The van der Waals surface area contributed by atoms with Gasteiger partial charge in [-0.25, -0.2) is 12.8 Å². The van der Waals surface area contributed by atoms with Gasteiger partial charge < -0.3 is 5.32 Å². The van der Waals surface area contributed by atoms with Crippen LogP contribution in [-0.4, -0.2) is 20.9 Å². The molecule has 7 heteroatoms. The maximum absolute atomic E-state index is 12.9. The van der Waals surface area contributed by atoms with Gasteiger partial charge in [0.05, 0.1) is 4.90 Å². The highest BCUT2D eigenvalue weighted by Crippen LogP contribution is 2.27. The maximum atomic E-state index is 12.9. The van der Waals surface area contributed by atoms with Gasteiger partial charge in [0.2, 0.25) is 0 Å². The summed E-state index contributed by atoms with van der Waals surface area (Å²) in [5.74, 6) is -0.200. The highest BCUT2D eigenvalue weighted by molar-refractivity contribution is 7.92. The molecule has 1 saturated carbocycles. The van der Waals surface area contributed by atoms with Gasteiger partial charge in [0, 0.05) is 17.8 Å². The first-order chi connectivity index (χ1) is 11.4. The summed E-state index contributed by atoms with van der Waals surface area (Å²) >= 11 is 0. The van der Waals surface area contributed by atoms with Crippen LogP contribution in [-0.2, 0) is 10.0 Å². The molecule has 0 saturated heterocycles. The molecule has 2 N–H and O–H groups in total. The van der Waals surface area contributed by atoms with E-state index in [1.54, 1.807) is 6.07 Å². The minimum Gasteiger partial charge on any atom is -0.352 e. The van der Waals surface area contributed by atoms with Crippen LogP contribution in [0.2, 0.25) is 0 Å². The first-order valence-electron chi connectivity index (χ1n) is 7.61. The van der Waals surface area contributed by atoms with E-state index in [0.29, 0.717) is 12.5 Å². The zero-order chi connectivity index (χ0) is 17.2. The van der Waals surface area contributed by atoms with Gasteiger partial charge >= 0.3 is 0 Å². The normalized spacial score (nSPS) is 14.2. The molecule has 2 aromatic rings. The van der Waals surface area contributed by atoms with Crippen molar-refractivity contribution in [1.82, 2.24) is 5.32 Å². The van der Waals surface area contributed by atoms with Crippen LogP contribution in [0, 0.1) is 11.7 Å². The van der Waals surface area contributed by atoms with Crippen molar-refractivity contribution in [2.75, 3.05) is 11.3 Å². The maximum Gasteiger partial charge on any atom is 0.261 e. The van der Waals surface area contributed by atoms with Gasteiger partial charge in [-0.3, -0.25) is 9.52 Å². The van der Waals surface area contributed by atoms with Crippen LogP contribution in [0.25, 0.3) is 0 Å². The van der Waals surface area contributed by atoms with Gasteiger partial charge in [0.1, 0.15) is 5.82 Å². The molecule has 5 nitrogen and oxygen atoms in total. The van der Waals surface area contributed by atoms with Crippen LogP contribution in [0.4, 0.5) is 10.1 Å². The van der Waals surface area contributed by atoms with Gasteiger partial charge in [-0.1, -0.05) is 6.07 Å². The van der Waals surface area contributed by atoms with Crippen LogP contribution < -0.4 is 10.0 Å². The molecule has 24 heavy (non-hydrogen) atoms. The number of amides is 1. The number of carbonyl (C=O) groups excluding carboxylic acids is 1. The number of hydrogen-bond acceptors (Lipinski definition) is 3. The number of sulfonamides is 1. The highest BCUT2D eigenvalue weighted by atomic mass is 32.2. The summed E-state index contributed by atoms with van der Waals surface area (Å²) in [5, 5.41) is 2.80. The Morgan fingerprint density at radius 3 is 2.50 bits per heavy atom. The lowest BCUT2D eigenvalue weighted by Crippen LogP contribution is -2.25. The topological polar surface area (TPSA) is 75.3 Å². The van der Waals surface area contributed by atoms with Crippen LogP contribution in [0.1, 0.15) is 23.2 Å². The molecular weight excluding hydrogens is 331 g/mol. The second-order valence-corrected chi connectivity index (χ2v) is 7.48. The standard InChI is InChI=1S/C17H17FN2O3S/c18-14-6-8-15(9-7-14)20-24(22,23)16-3-1-2-13(10-16)17(21)19-11-12-4-5-12/h1-3,6-10,12,20H,4-5,11H2,(H,19,21). The fraction of sp³-hybridized carbons (Fsp3) is 0.235. The number of halogens is 1. The van der Waals surface area contributed by atoms with Gasteiger partial charge in [-0.05, 0) is 61.2 Å². The smallest absolute Gasteiger partial charge is 0.261 e. The molecule has 0 heterocycles. The van der Waals surface area contributed by atoms with Gasteiger partial charge in [-0.2, -0.15) is 0 Å². The van der Waals surface area contributed by atoms with Crippen molar-refractivity contribution in [3.05, 3.63) is 59.9 Å². The summed E-state index contributed by atoms with van der Waals surface area (Å²) in [6.45, 7) is 0.615. The first kappa shape index (κ1) is 16.4. The van der Waals surface area contributed by atoms with E-state index in [-0.39, 0.29) is 22.1 Å². The molecule has 126 valence electrons. The third-order valence-electron chi connectivity index (χ3n) is 3.75. The zero-order valence-corrected chi connectivity index (χ0v) is 13.6. The fourth-order valence-electron chi connectivity index (χ4n) is 2.20. The zero-order valence-electron chi connectivity index (χ0n) is 12.8. The predicted octanol–water partition coefficient (Wildman–Crippen LogP) is 2.77. The summed E-state index contributed by atoms with van der Waals surface area (Å²) in [6, 6.07) is 10.8. The van der Waals surface area contributed by atoms with Crippen molar-refractivity contribution in [1.29, 1.82) is 0 Å². The predicted molar refractivity (Wildman–Crippen MR) is 88.7 cm³/mol. The van der Waals surface area contributed by atoms with E-state index in [1.165, 1.54) is 42.5 Å². The van der Waals surface area contributed by atoms with Gasteiger partial charge in [-0.15, -0.1) is 0 Å². The largest absolute Gasteiger partial charge is 0.352 e. The minimum atomic E-state index is -3.85. The lowest BCUT2D eigenvalue weighted by Gasteiger charge is -2.10. The molecule has 1 fully saturated rings. The highest BCUT2D eigenvalue weighted by Gasteiger charge is 2.22. The van der Waals surface area contributed by atoms with E-state index < -0.39 is 15.8 Å². The van der Waals surface area contributed by atoms with E-state index in [9.17, 15) is 17.6 Å². The Balaban J connectivity index is 1.75. The van der Waals surface area contributed by atoms with Crippen LogP contribution in [0.5, 0.6) is 0 Å². The fourth-order valence-corrected chi connectivity index (χ4v) is 3.30. The second kappa shape index (κ2) is 6.60. The average Bonchev–Trinajstić information content (AvgIpc) is 3.39. The number of anilines is 1. The molecular formula is C17H17FN2O3S. The summed E-state index contributed by atoms with van der Waals surface area (Å²) in [4.78, 5) is 12.1. The molecule has 0 spiro atoms. The molecule has 1 aliphatic rings. The van der Waals surface area contributed by atoms with E-state index in [2.05, 4.69) is 10.0 Å². The van der Waals surface area contributed by atoms with Crippen molar-refractivity contribution < 1.29 is 17.6 Å². The van der Waals surface area contributed by atoms with Gasteiger partial charge in [0.15, 0.2) is 0 Å². The Labute approximate surface area is 139 Å².